The topological polar surface area (TPSA) is 203 Å². The number of piperidine rings is 2. The molecule has 51 heavy (non-hydrogen) atoms. The Morgan fingerprint density at radius 3 is 1.55 bits per heavy atom. The highest BCUT2D eigenvalue weighted by Crippen LogP contribution is 2.28. The van der Waals surface area contributed by atoms with Crippen molar-refractivity contribution in [1.82, 2.24) is 18.7 Å². The van der Waals surface area contributed by atoms with Gasteiger partial charge in [-0.25, -0.2) is 26.8 Å². The molecule has 2 aromatic heterocycles. The Morgan fingerprint density at radius 2 is 1.18 bits per heavy atom. The van der Waals surface area contributed by atoms with Gasteiger partial charge in [0.1, 0.15) is 18.3 Å². The molecule has 2 aliphatic heterocycles. The lowest BCUT2D eigenvalue weighted by atomic mass is 9.93. The predicted octanol–water partition coefficient (Wildman–Crippen LogP) is 4.55. The van der Waals surface area contributed by atoms with Crippen LogP contribution in [0.1, 0.15) is 52.9 Å². The Balaban J connectivity index is 0.000000205. The van der Waals surface area contributed by atoms with Gasteiger partial charge in [0.25, 0.3) is 20.0 Å². The van der Waals surface area contributed by atoms with Crippen LogP contribution in [-0.2, 0) is 29.6 Å². The summed E-state index contributed by atoms with van der Waals surface area (Å²) in [5.74, 6) is 0.172. The van der Waals surface area contributed by atoms with Crippen LogP contribution in [0.5, 0.6) is 0 Å². The number of carbonyl (C=O) groups is 1. The van der Waals surface area contributed by atoms with Crippen molar-refractivity contribution in [3.8, 4) is 0 Å². The molecule has 4 aromatic rings. The van der Waals surface area contributed by atoms with Crippen molar-refractivity contribution in [1.29, 1.82) is 0 Å². The normalized spacial score (nSPS) is 16.2. The van der Waals surface area contributed by atoms with E-state index in [1.54, 1.807) is 24.3 Å². The van der Waals surface area contributed by atoms with E-state index in [2.05, 4.69) is 38.0 Å². The number of sulfonamides is 2. The van der Waals surface area contributed by atoms with E-state index < -0.39 is 25.6 Å². The summed E-state index contributed by atoms with van der Waals surface area (Å²) < 4.78 is 67.0. The zero-order valence-electron chi connectivity index (χ0n) is 28.6. The van der Waals surface area contributed by atoms with Crippen molar-refractivity contribution < 1.29 is 26.4 Å². The van der Waals surface area contributed by atoms with Crippen molar-refractivity contribution in [2.75, 3.05) is 45.4 Å². The quantitative estimate of drug-likeness (QED) is 0.190. The lowest BCUT2D eigenvalue weighted by Gasteiger charge is -2.33. The molecule has 6 rings (SSSR count). The molecule has 0 radical (unpaired) electrons. The fraction of sp³-hybridized carbons (Fsp3) is 0.469. The van der Waals surface area contributed by atoms with E-state index in [-0.39, 0.29) is 32.1 Å². The fourth-order valence-corrected chi connectivity index (χ4v) is 8.95. The largest absolute Gasteiger partial charge is 0.460 e. The molecule has 0 atom stereocenters. The molecule has 15 nitrogen and oxygen atoms in total. The molecule has 0 bridgehead atoms. The van der Waals surface area contributed by atoms with E-state index in [1.165, 1.54) is 12.7 Å². The highest BCUT2D eigenvalue weighted by Gasteiger charge is 2.25. The van der Waals surface area contributed by atoms with E-state index in [1.807, 2.05) is 45.0 Å². The van der Waals surface area contributed by atoms with Crippen LogP contribution in [0.15, 0.2) is 71.0 Å². The molecule has 19 heteroatoms. The van der Waals surface area contributed by atoms with E-state index in [0.29, 0.717) is 12.3 Å². The standard InChI is InChI=1S/C19H26N4O4S2.C13H17N5O2S2/c1-19(2,3)27-17(24)12-14-8-10-23(11-9-14)15-4-6-16(7-5-15)29(25,26)22-18-20-13-21-28-18;14-10-5-7-18(8-6-10)11-1-3-12(4-2-11)22(19,20)17-13-15-9-16-21-13/h4-7,13-14H,8-12H2,1-3H3,(H,20,21,22);1-4,9-10H,5-8,14H2,(H,15,16,17). The van der Waals surface area contributed by atoms with Gasteiger partial charge in [-0.15, -0.1) is 0 Å². The van der Waals surface area contributed by atoms with Crippen LogP contribution in [0.25, 0.3) is 0 Å². The summed E-state index contributed by atoms with van der Waals surface area (Å²) in [4.78, 5) is 24.5. The Labute approximate surface area is 307 Å². The maximum Gasteiger partial charge on any atom is 0.306 e. The van der Waals surface area contributed by atoms with Gasteiger partial charge in [-0.3, -0.25) is 14.2 Å². The van der Waals surface area contributed by atoms with E-state index in [0.717, 1.165) is 86.3 Å². The number of aromatic nitrogens is 4. The number of nitrogens with two attached hydrogens (primary N) is 1. The maximum absolute atomic E-state index is 12.4. The van der Waals surface area contributed by atoms with Gasteiger partial charge >= 0.3 is 5.97 Å². The fourth-order valence-electron chi connectivity index (χ4n) is 5.63. The van der Waals surface area contributed by atoms with Crippen LogP contribution in [-0.4, -0.2) is 79.3 Å². The lowest BCUT2D eigenvalue weighted by molar-refractivity contribution is -0.156. The summed E-state index contributed by atoms with van der Waals surface area (Å²) in [7, 11) is -7.30. The molecule has 4 N–H and O–H groups in total. The number of hydrogen-bond acceptors (Lipinski definition) is 15. The molecule has 2 aromatic carbocycles. The lowest BCUT2D eigenvalue weighted by Crippen LogP contribution is -2.39. The van der Waals surface area contributed by atoms with Crippen molar-refractivity contribution in [3.63, 3.8) is 0 Å². The molecule has 2 saturated heterocycles. The first-order valence-electron chi connectivity index (χ1n) is 16.4. The summed E-state index contributed by atoms with van der Waals surface area (Å²) in [6.45, 7) is 9.07. The van der Waals surface area contributed by atoms with Crippen molar-refractivity contribution >= 4 is 70.7 Å². The minimum atomic E-state index is -3.68. The molecular weight excluding hydrogens is 735 g/mol. The number of hydrogen-bond donors (Lipinski definition) is 3. The summed E-state index contributed by atoms with van der Waals surface area (Å²) in [5.41, 5.74) is 7.43. The number of rotatable bonds is 10. The smallest absolute Gasteiger partial charge is 0.306 e. The van der Waals surface area contributed by atoms with Crippen LogP contribution >= 0.6 is 23.1 Å². The van der Waals surface area contributed by atoms with Crippen LogP contribution in [0.2, 0.25) is 0 Å². The minimum Gasteiger partial charge on any atom is -0.460 e. The maximum atomic E-state index is 12.4. The second-order valence-corrected chi connectivity index (χ2v) is 18.2. The second kappa shape index (κ2) is 16.6. The third-order valence-corrected chi connectivity index (χ3v) is 12.3. The van der Waals surface area contributed by atoms with Gasteiger partial charge in [0.2, 0.25) is 10.3 Å². The molecule has 4 heterocycles. The van der Waals surface area contributed by atoms with Crippen LogP contribution in [0.4, 0.5) is 21.6 Å². The molecular formula is C32H43N9O6S4. The van der Waals surface area contributed by atoms with Gasteiger partial charge in [0, 0.05) is 73.1 Å². The van der Waals surface area contributed by atoms with E-state index >= 15 is 0 Å². The molecule has 0 spiro atoms. The van der Waals surface area contributed by atoms with Crippen molar-refractivity contribution in [2.24, 2.45) is 11.7 Å². The van der Waals surface area contributed by atoms with Crippen molar-refractivity contribution in [2.45, 2.75) is 74.3 Å². The molecule has 0 aliphatic carbocycles. The molecule has 0 unspecified atom stereocenters. The summed E-state index contributed by atoms with van der Waals surface area (Å²) in [5, 5.41) is 0.496. The average molecular weight is 778 g/mol. The molecule has 2 fully saturated rings. The zero-order valence-corrected chi connectivity index (χ0v) is 31.9. The van der Waals surface area contributed by atoms with Gasteiger partial charge in [-0.1, -0.05) is 0 Å². The summed E-state index contributed by atoms with van der Waals surface area (Å²) in [6, 6.07) is 13.9. The SMILES string of the molecule is CC(C)(C)OC(=O)CC1CCN(c2ccc(S(=O)(=O)Nc3ncns3)cc2)CC1.NC1CCN(c2ccc(S(=O)(=O)Nc3ncns3)cc2)CC1. The van der Waals surface area contributed by atoms with Gasteiger partial charge < -0.3 is 20.3 Å². The average Bonchev–Trinajstić information content (AvgIpc) is 3.79. The Morgan fingerprint density at radius 1 is 0.765 bits per heavy atom. The number of benzene rings is 2. The highest BCUT2D eigenvalue weighted by molar-refractivity contribution is 7.93. The number of esters is 1. The zero-order chi connectivity index (χ0) is 36.6. The van der Waals surface area contributed by atoms with Crippen LogP contribution in [0.3, 0.4) is 0 Å². The first kappa shape index (κ1) is 38.3. The predicted molar refractivity (Wildman–Crippen MR) is 199 cm³/mol. The molecule has 0 saturated carbocycles. The number of nitrogens with zero attached hydrogens (tertiary/aromatic N) is 6. The van der Waals surface area contributed by atoms with Gasteiger partial charge in [0.15, 0.2) is 0 Å². The van der Waals surface area contributed by atoms with Gasteiger partial charge in [0.05, 0.1) is 9.79 Å². The Hall–Kier alpha value is -3.91. The number of anilines is 4. The number of carbonyl (C=O) groups excluding carboxylic acids is 1. The molecule has 2 aliphatic rings. The second-order valence-electron chi connectivity index (χ2n) is 13.2. The molecule has 0 amide bonds. The van der Waals surface area contributed by atoms with E-state index in [4.69, 9.17) is 10.5 Å². The first-order chi connectivity index (χ1) is 24.2. The van der Waals surface area contributed by atoms with Crippen molar-refractivity contribution in [3.05, 3.63) is 61.2 Å². The van der Waals surface area contributed by atoms with Crippen LogP contribution in [0, 0.1) is 5.92 Å². The van der Waals surface area contributed by atoms with Gasteiger partial charge in [-0.05, 0) is 101 Å². The first-order valence-corrected chi connectivity index (χ1v) is 20.9. The molecule has 276 valence electrons. The third-order valence-electron chi connectivity index (χ3n) is 8.22. The monoisotopic (exact) mass is 777 g/mol. The Kier molecular flexibility index (Phi) is 12.5. The van der Waals surface area contributed by atoms with Crippen LogP contribution < -0.4 is 25.0 Å². The van der Waals surface area contributed by atoms with E-state index in [9.17, 15) is 21.6 Å². The summed E-state index contributed by atoms with van der Waals surface area (Å²) >= 11 is 1.98. The highest BCUT2D eigenvalue weighted by atomic mass is 32.2. The number of nitrogens with one attached hydrogen (secondary N) is 2. The Bertz CT molecular complexity index is 1900. The van der Waals surface area contributed by atoms with Gasteiger partial charge in [-0.2, -0.15) is 8.75 Å². The summed E-state index contributed by atoms with van der Waals surface area (Å²) in [6.07, 6.45) is 6.78. The number of ether oxygens (including phenoxy) is 1. The minimum absolute atomic E-state index is 0.145. The third kappa shape index (κ3) is 11.3.